The predicted molar refractivity (Wildman–Crippen MR) is 81.1 cm³/mol. The molecule has 8 heteroatoms. The maximum Gasteiger partial charge on any atom is 0.303 e. The van der Waals surface area contributed by atoms with Crippen molar-refractivity contribution in [2.45, 2.75) is 19.8 Å². The van der Waals surface area contributed by atoms with Gasteiger partial charge in [0.2, 0.25) is 4.96 Å². The molecule has 1 aromatic carbocycles. The molecule has 0 aliphatic heterocycles. The van der Waals surface area contributed by atoms with Gasteiger partial charge >= 0.3 is 11.5 Å². The SMILES string of the molecule is Cc1ccc(-c2nnc3sc(CCC(=O)O)nn3c2=O)cc1. The van der Waals surface area contributed by atoms with Crippen molar-refractivity contribution in [1.82, 2.24) is 19.8 Å². The molecule has 1 N–H and O–H groups in total. The summed E-state index contributed by atoms with van der Waals surface area (Å²) in [5.74, 6) is -0.905. The maximum absolute atomic E-state index is 12.5. The number of aryl methyl sites for hydroxylation is 2. The fourth-order valence-electron chi connectivity index (χ4n) is 1.96. The second kappa shape index (κ2) is 5.64. The minimum Gasteiger partial charge on any atom is -0.481 e. The maximum atomic E-state index is 12.5. The predicted octanol–water partition coefficient (Wildman–Crippen LogP) is 1.54. The number of hydrogen-bond donors (Lipinski definition) is 1. The third kappa shape index (κ3) is 2.73. The van der Waals surface area contributed by atoms with Gasteiger partial charge in [0.25, 0.3) is 0 Å². The molecule has 2 heterocycles. The summed E-state index contributed by atoms with van der Waals surface area (Å²) in [5, 5.41) is 21.4. The molecule has 0 atom stereocenters. The van der Waals surface area contributed by atoms with Crippen LogP contribution in [0.25, 0.3) is 16.2 Å². The molecule has 0 bridgehead atoms. The van der Waals surface area contributed by atoms with Crippen LogP contribution in [0.5, 0.6) is 0 Å². The first-order valence-electron chi connectivity index (χ1n) is 6.59. The fourth-order valence-corrected chi connectivity index (χ4v) is 2.79. The summed E-state index contributed by atoms with van der Waals surface area (Å²) in [5.41, 5.74) is 1.64. The average molecular weight is 316 g/mol. The molecule has 22 heavy (non-hydrogen) atoms. The van der Waals surface area contributed by atoms with Gasteiger partial charge in [0, 0.05) is 12.0 Å². The van der Waals surface area contributed by atoms with Gasteiger partial charge in [0.1, 0.15) is 5.01 Å². The van der Waals surface area contributed by atoms with Gasteiger partial charge in [0.05, 0.1) is 6.42 Å². The van der Waals surface area contributed by atoms with E-state index in [1.54, 1.807) is 0 Å². The second-order valence-corrected chi connectivity index (χ2v) is 5.84. The summed E-state index contributed by atoms with van der Waals surface area (Å²) in [6.45, 7) is 1.96. The molecule has 0 aliphatic rings. The first kappa shape index (κ1) is 14.3. The zero-order valence-corrected chi connectivity index (χ0v) is 12.5. The lowest BCUT2D eigenvalue weighted by Crippen LogP contribution is -2.19. The van der Waals surface area contributed by atoms with Crippen LogP contribution in [0.4, 0.5) is 0 Å². The van der Waals surface area contributed by atoms with E-state index in [1.165, 1.54) is 15.9 Å². The summed E-state index contributed by atoms with van der Waals surface area (Å²) in [4.78, 5) is 23.4. The summed E-state index contributed by atoms with van der Waals surface area (Å²) in [6, 6.07) is 7.41. The highest BCUT2D eigenvalue weighted by Gasteiger charge is 2.13. The van der Waals surface area contributed by atoms with E-state index in [0.717, 1.165) is 5.56 Å². The Bertz CT molecular complexity index is 899. The molecule has 0 spiro atoms. The number of fused-ring (bicyclic) bond motifs is 1. The third-order valence-corrected chi connectivity index (χ3v) is 4.07. The second-order valence-electron chi connectivity index (χ2n) is 4.80. The molecule has 0 fully saturated rings. The van der Waals surface area contributed by atoms with E-state index in [0.29, 0.717) is 15.5 Å². The molecular formula is C14H12N4O3S. The number of nitrogens with zero attached hydrogens (tertiary/aromatic N) is 4. The van der Waals surface area contributed by atoms with Crippen molar-refractivity contribution < 1.29 is 9.90 Å². The van der Waals surface area contributed by atoms with Crippen LogP contribution < -0.4 is 5.56 Å². The van der Waals surface area contributed by atoms with Gasteiger partial charge in [-0.1, -0.05) is 41.2 Å². The van der Waals surface area contributed by atoms with Crippen LogP contribution in [0, 0.1) is 6.92 Å². The largest absolute Gasteiger partial charge is 0.481 e. The molecule has 0 saturated carbocycles. The third-order valence-electron chi connectivity index (χ3n) is 3.11. The Morgan fingerprint density at radius 3 is 2.68 bits per heavy atom. The molecule has 3 rings (SSSR count). The van der Waals surface area contributed by atoms with Gasteiger partial charge in [-0.25, -0.2) is 0 Å². The van der Waals surface area contributed by atoms with Crippen molar-refractivity contribution in [2.75, 3.05) is 0 Å². The molecule has 0 aliphatic carbocycles. The number of carbonyl (C=O) groups is 1. The number of aliphatic carboxylic acids is 1. The van der Waals surface area contributed by atoms with E-state index in [9.17, 15) is 9.59 Å². The number of carboxylic acids is 1. The molecular weight excluding hydrogens is 304 g/mol. The molecule has 0 unspecified atom stereocenters. The number of hydrogen-bond acceptors (Lipinski definition) is 6. The zero-order valence-electron chi connectivity index (χ0n) is 11.7. The van der Waals surface area contributed by atoms with E-state index in [1.807, 2.05) is 31.2 Å². The van der Waals surface area contributed by atoms with Crippen LogP contribution in [0.2, 0.25) is 0 Å². The molecule has 0 saturated heterocycles. The van der Waals surface area contributed by atoms with E-state index >= 15 is 0 Å². The minimum atomic E-state index is -0.905. The Kier molecular flexibility index (Phi) is 3.68. The van der Waals surface area contributed by atoms with Gasteiger partial charge in [-0.05, 0) is 6.92 Å². The highest BCUT2D eigenvalue weighted by atomic mass is 32.1. The Morgan fingerprint density at radius 2 is 2.00 bits per heavy atom. The monoisotopic (exact) mass is 316 g/mol. The number of rotatable bonds is 4. The molecule has 7 nitrogen and oxygen atoms in total. The molecule has 0 amide bonds. The number of carboxylic acid groups (broad SMARTS) is 1. The Hall–Kier alpha value is -2.61. The first-order valence-corrected chi connectivity index (χ1v) is 7.40. The highest BCUT2D eigenvalue weighted by Crippen LogP contribution is 2.16. The number of benzene rings is 1. The number of aromatic nitrogens is 4. The van der Waals surface area contributed by atoms with Crippen LogP contribution in [-0.2, 0) is 11.2 Å². The van der Waals surface area contributed by atoms with Crippen molar-refractivity contribution in [3.05, 3.63) is 45.2 Å². The summed E-state index contributed by atoms with van der Waals surface area (Å²) in [7, 11) is 0. The normalized spacial score (nSPS) is 11.0. The van der Waals surface area contributed by atoms with Gasteiger partial charge in [-0.3, -0.25) is 9.59 Å². The zero-order chi connectivity index (χ0) is 15.7. The van der Waals surface area contributed by atoms with E-state index in [-0.39, 0.29) is 24.1 Å². The van der Waals surface area contributed by atoms with Gasteiger partial charge < -0.3 is 5.11 Å². The smallest absolute Gasteiger partial charge is 0.303 e. The topological polar surface area (TPSA) is 97.4 Å². The average Bonchev–Trinajstić information content (AvgIpc) is 2.91. The van der Waals surface area contributed by atoms with Crippen molar-refractivity contribution in [3.8, 4) is 11.3 Å². The van der Waals surface area contributed by atoms with Crippen LogP contribution >= 0.6 is 11.3 Å². The molecule has 112 valence electrons. The highest BCUT2D eigenvalue weighted by molar-refractivity contribution is 7.16. The summed E-state index contributed by atoms with van der Waals surface area (Å²) in [6.07, 6.45) is 0.232. The van der Waals surface area contributed by atoms with E-state index in [4.69, 9.17) is 5.11 Å². The first-order chi connectivity index (χ1) is 10.5. The minimum absolute atomic E-state index is 0.0349. The lowest BCUT2D eigenvalue weighted by Gasteiger charge is -1.99. The standard InChI is InChI=1S/C14H12N4O3S/c1-8-2-4-9(5-3-8)12-13(21)18-14(16-15-12)22-10(17-18)6-7-11(19)20/h2-5H,6-7H2,1H3,(H,19,20). The van der Waals surface area contributed by atoms with Gasteiger partial charge in [-0.2, -0.15) is 9.61 Å². The summed E-state index contributed by atoms with van der Waals surface area (Å²) >= 11 is 1.17. The van der Waals surface area contributed by atoms with Crippen molar-refractivity contribution in [3.63, 3.8) is 0 Å². The lowest BCUT2D eigenvalue weighted by molar-refractivity contribution is -0.136. The Balaban J connectivity index is 2.03. The van der Waals surface area contributed by atoms with Crippen LogP contribution in [0.3, 0.4) is 0 Å². The van der Waals surface area contributed by atoms with Gasteiger partial charge in [0.15, 0.2) is 5.69 Å². The van der Waals surface area contributed by atoms with E-state index < -0.39 is 5.97 Å². The van der Waals surface area contributed by atoms with Crippen molar-refractivity contribution in [2.24, 2.45) is 0 Å². The molecule has 2 aromatic heterocycles. The van der Waals surface area contributed by atoms with E-state index in [2.05, 4.69) is 15.3 Å². The molecule has 0 radical (unpaired) electrons. The Labute approximate surface area is 128 Å². The summed E-state index contributed by atoms with van der Waals surface area (Å²) < 4.78 is 1.18. The Morgan fingerprint density at radius 1 is 1.27 bits per heavy atom. The quantitative estimate of drug-likeness (QED) is 0.784. The fraction of sp³-hybridized carbons (Fsp3) is 0.214. The lowest BCUT2D eigenvalue weighted by atomic mass is 10.1. The van der Waals surface area contributed by atoms with Crippen LogP contribution in [-0.4, -0.2) is 30.9 Å². The van der Waals surface area contributed by atoms with Crippen molar-refractivity contribution >= 4 is 22.3 Å². The van der Waals surface area contributed by atoms with Crippen LogP contribution in [0.1, 0.15) is 17.0 Å². The van der Waals surface area contributed by atoms with Crippen molar-refractivity contribution in [1.29, 1.82) is 0 Å². The molecule has 3 aromatic rings. The van der Waals surface area contributed by atoms with Crippen LogP contribution in [0.15, 0.2) is 29.1 Å². The van der Waals surface area contributed by atoms with Gasteiger partial charge in [-0.15, -0.1) is 10.2 Å².